The van der Waals surface area contributed by atoms with Gasteiger partial charge in [0.2, 0.25) is 0 Å². The smallest absolute Gasteiger partial charge is 0.0929 e. The lowest BCUT2D eigenvalue weighted by atomic mass is 9.98. The van der Waals surface area contributed by atoms with Crippen LogP contribution in [0.15, 0.2) is 36.1 Å². The third kappa shape index (κ3) is 4.09. The Kier molecular flexibility index (Phi) is 5.69. The van der Waals surface area contributed by atoms with Gasteiger partial charge in [-0.3, -0.25) is 0 Å². The average molecular weight is 218 g/mol. The Labute approximate surface area is 98.8 Å². The minimum Gasteiger partial charge on any atom is -0.512 e. The highest BCUT2D eigenvalue weighted by molar-refractivity contribution is 5.66. The van der Waals surface area contributed by atoms with Crippen molar-refractivity contribution in [3.63, 3.8) is 0 Å². The molecule has 0 aliphatic carbocycles. The van der Waals surface area contributed by atoms with Crippen LogP contribution >= 0.6 is 0 Å². The van der Waals surface area contributed by atoms with Gasteiger partial charge in [0.25, 0.3) is 0 Å². The van der Waals surface area contributed by atoms with E-state index in [0.717, 1.165) is 24.0 Å². The van der Waals surface area contributed by atoms with Gasteiger partial charge in [-0.25, -0.2) is 0 Å². The fourth-order valence-electron chi connectivity index (χ4n) is 1.90. The zero-order chi connectivity index (χ0) is 11.8. The van der Waals surface area contributed by atoms with Gasteiger partial charge in [-0.2, -0.15) is 0 Å². The van der Waals surface area contributed by atoms with Crippen LogP contribution in [0.25, 0.3) is 5.57 Å². The van der Waals surface area contributed by atoms with Crippen molar-refractivity contribution < 1.29 is 5.11 Å². The standard InChI is InChI=1S/C15H22O/c1-3-4-5-9-12-15(13(2)16)14-10-7-6-8-11-14/h6-8,10-11,16H,3-5,9,12H2,1-2H3. The van der Waals surface area contributed by atoms with Crippen LogP contribution in [0.3, 0.4) is 0 Å². The molecule has 1 N–H and O–H groups in total. The Morgan fingerprint density at radius 1 is 1.06 bits per heavy atom. The minimum atomic E-state index is 0.461. The maximum absolute atomic E-state index is 9.70. The highest BCUT2D eigenvalue weighted by atomic mass is 16.3. The fraction of sp³-hybridized carbons (Fsp3) is 0.467. The highest BCUT2D eigenvalue weighted by Crippen LogP contribution is 2.23. The van der Waals surface area contributed by atoms with Gasteiger partial charge >= 0.3 is 0 Å². The lowest BCUT2D eigenvalue weighted by Gasteiger charge is -2.09. The lowest BCUT2D eigenvalue weighted by molar-refractivity contribution is 0.414. The summed E-state index contributed by atoms with van der Waals surface area (Å²) in [4.78, 5) is 0. The topological polar surface area (TPSA) is 20.2 Å². The molecule has 0 bridgehead atoms. The Bertz CT molecular complexity index is 321. The van der Waals surface area contributed by atoms with Crippen molar-refractivity contribution in [2.75, 3.05) is 0 Å². The molecular weight excluding hydrogens is 196 g/mol. The lowest BCUT2D eigenvalue weighted by Crippen LogP contribution is -1.90. The molecule has 0 amide bonds. The summed E-state index contributed by atoms with van der Waals surface area (Å²) in [5.41, 5.74) is 2.25. The summed E-state index contributed by atoms with van der Waals surface area (Å²) in [5, 5.41) is 9.70. The van der Waals surface area contributed by atoms with Crippen LogP contribution in [0.2, 0.25) is 0 Å². The van der Waals surface area contributed by atoms with Crippen LogP contribution < -0.4 is 0 Å². The van der Waals surface area contributed by atoms with Crippen molar-refractivity contribution in [3.8, 4) is 0 Å². The summed E-state index contributed by atoms with van der Waals surface area (Å²) >= 11 is 0. The van der Waals surface area contributed by atoms with Crippen molar-refractivity contribution in [2.24, 2.45) is 0 Å². The van der Waals surface area contributed by atoms with E-state index in [4.69, 9.17) is 0 Å². The minimum absolute atomic E-state index is 0.461. The number of aliphatic hydroxyl groups excluding tert-OH is 1. The van der Waals surface area contributed by atoms with E-state index >= 15 is 0 Å². The van der Waals surface area contributed by atoms with Gasteiger partial charge in [0.15, 0.2) is 0 Å². The van der Waals surface area contributed by atoms with Gasteiger partial charge in [0.05, 0.1) is 5.76 Å². The largest absolute Gasteiger partial charge is 0.512 e. The summed E-state index contributed by atoms with van der Waals surface area (Å²) in [6, 6.07) is 10.2. The summed E-state index contributed by atoms with van der Waals surface area (Å²) < 4.78 is 0. The molecule has 1 aromatic rings. The van der Waals surface area contributed by atoms with Crippen molar-refractivity contribution in [2.45, 2.75) is 46.0 Å². The van der Waals surface area contributed by atoms with E-state index < -0.39 is 0 Å². The second kappa shape index (κ2) is 7.10. The number of aliphatic hydroxyl groups is 1. The molecule has 0 unspecified atom stereocenters. The molecular formula is C15H22O. The third-order valence-electron chi connectivity index (χ3n) is 2.84. The molecule has 0 saturated carbocycles. The SMILES string of the molecule is CCCCCCC(=C(C)O)c1ccccc1. The second-order valence-corrected chi connectivity index (χ2v) is 4.24. The first-order valence-corrected chi connectivity index (χ1v) is 6.19. The normalized spacial score (nSPS) is 12.4. The molecule has 1 rings (SSSR count). The summed E-state index contributed by atoms with van der Waals surface area (Å²) in [5.74, 6) is 0.461. The Hall–Kier alpha value is -1.24. The van der Waals surface area contributed by atoms with Gasteiger partial charge in [-0.05, 0) is 30.9 Å². The molecule has 16 heavy (non-hydrogen) atoms. The molecule has 0 fully saturated rings. The molecule has 0 aliphatic heterocycles. The van der Waals surface area contributed by atoms with Crippen LogP contribution in [-0.4, -0.2) is 5.11 Å². The van der Waals surface area contributed by atoms with Crippen LogP contribution in [0.1, 0.15) is 51.5 Å². The van der Waals surface area contributed by atoms with Crippen molar-refractivity contribution in [1.82, 2.24) is 0 Å². The van der Waals surface area contributed by atoms with Crippen molar-refractivity contribution >= 4 is 5.57 Å². The zero-order valence-electron chi connectivity index (χ0n) is 10.4. The van der Waals surface area contributed by atoms with E-state index in [1.807, 2.05) is 18.2 Å². The second-order valence-electron chi connectivity index (χ2n) is 4.24. The van der Waals surface area contributed by atoms with Crippen molar-refractivity contribution in [3.05, 3.63) is 41.7 Å². The summed E-state index contributed by atoms with van der Waals surface area (Å²) in [6.07, 6.45) is 5.93. The predicted octanol–water partition coefficient (Wildman–Crippen LogP) is 4.95. The maximum Gasteiger partial charge on any atom is 0.0929 e. The van der Waals surface area contributed by atoms with E-state index in [1.165, 1.54) is 19.3 Å². The van der Waals surface area contributed by atoms with E-state index in [9.17, 15) is 5.11 Å². The summed E-state index contributed by atoms with van der Waals surface area (Å²) in [6.45, 7) is 3.99. The molecule has 0 saturated heterocycles. The number of benzene rings is 1. The maximum atomic E-state index is 9.70. The van der Waals surface area contributed by atoms with Crippen LogP contribution in [0.4, 0.5) is 0 Å². The Morgan fingerprint density at radius 2 is 1.75 bits per heavy atom. The van der Waals surface area contributed by atoms with Crippen LogP contribution in [0.5, 0.6) is 0 Å². The molecule has 1 heteroatoms. The number of unbranched alkanes of at least 4 members (excludes halogenated alkanes) is 3. The monoisotopic (exact) mass is 218 g/mol. The van der Waals surface area contributed by atoms with E-state index in [-0.39, 0.29) is 0 Å². The first-order valence-electron chi connectivity index (χ1n) is 6.19. The summed E-state index contributed by atoms with van der Waals surface area (Å²) in [7, 11) is 0. The van der Waals surface area contributed by atoms with Gasteiger partial charge in [0, 0.05) is 0 Å². The number of allylic oxidation sites excluding steroid dienone is 2. The quantitative estimate of drug-likeness (QED) is 0.529. The van der Waals surface area contributed by atoms with E-state index in [0.29, 0.717) is 5.76 Å². The molecule has 0 aromatic heterocycles. The van der Waals surface area contributed by atoms with E-state index in [1.54, 1.807) is 6.92 Å². The molecule has 0 atom stereocenters. The van der Waals surface area contributed by atoms with Gasteiger partial charge in [0.1, 0.15) is 0 Å². The molecule has 0 heterocycles. The molecule has 1 aromatic carbocycles. The molecule has 88 valence electrons. The molecule has 0 aliphatic rings. The molecule has 0 radical (unpaired) electrons. The zero-order valence-corrected chi connectivity index (χ0v) is 10.4. The number of hydrogen-bond acceptors (Lipinski definition) is 1. The number of hydrogen-bond donors (Lipinski definition) is 1. The van der Waals surface area contributed by atoms with Gasteiger partial charge in [-0.1, -0.05) is 56.5 Å². The van der Waals surface area contributed by atoms with Gasteiger partial charge < -0.3 is 5.11 Å². The Balaban J connectivity index is 2.61. The Morgan fingerprint density at radius 3 is 2.31 bits per heavy atom. The third-order valence-corrected chi connectivity index (χ3v) is 2.84. The van der Waals surface area contributed by atoms with Crippen LogP contribution in [-0.2, 0) is 0 Å². The van der Waals surface area contributed by atoms with Crippen LogP contribution in [0, 0.1) is 0 Å². The average Bonchev–Trinajstić information content (AvgIpc) is 2.30. The fourth-order valence-corrected chi connectivity index (χ4v) is 1.90. The first kappa shape index (κ1) is 12.8. The van der Waals surface area contributed by atoms with E-state index in [2.05, 4.69) is 19.1 Å². The first-order chi connectivity index (χ1) is 7.75. The molecule has 0 spiro atoms. The number of rotatable bonds is 6. The molecule has 1 nitrogen and oxygen atoms in total. The predicted molar refractivity (Wildman–Crippen MR) is 70.4 cm³/mol. The highest BCUT2D eigenvalue weighted by Gasteiger charge is 2.04. The van der Waals surface area contributed by atoms with Gasteiger partial charge in [-0.15, -0.1) is 0 Å². The van der Waals surface area contributed by atoms with Crippen molar-refractivity contribution in [1.29, 1.82) is 0 Å².